The third-order valence-electron chi connectivity index (χ3n) is 3.35. The normalized spacial score (nSPS) is 13.7. The largest absolute Gasteiger partial charge is 0.497 e. The highest BCUT2D eigenvalue weighted by molar-refractivity contribution is 7.10. The molecule has 2 atom stereocenters. The van der Waals surface area contributed by atoms with E-state index in [1.807, 2.05) is 18.2 Å². The summed E-state index contributed by atoms with van der Waals surface area (Å²) >= 11 is 1.71. The molecule has 0 saturated carbocycles. The summed E-state index contributed by atoms with van der Waals surface area (Å²) in [6.45, 7) is 2.56. The summed E-state index contributed by atoms with van der Waals surface area (Å²) < 4.78 is 10.4. The number of aliphatic hydroxyl groups is 1. The van der Waals surface area contributed by atoms with Crippen LogP contribution in [0.15, 0.2) is 35.7 Å². The van der Waals surface area contributed by atoms with Crippen molar-refractivity contribution in [3.63, 3.8) is 0 Å². The smallest absolute Gasteiger partial charge is 0.122 e. The second-order valence-corrected chi connectivity index (χ2v) is 5.79. The van der Waals surface area contributed by atoms with Crippen molar-refractivity contribution in [2.45, 2.75) is 19.1 Å². The minimum Gasteiger partial charge on any atom is -0.497 e. The quantitative estimate of drug-likeness (QED) is 0.825. The number of thiophene rings is 1. The van der Waals surface area contributed by atoms with E-state index in [1.54, 1.807) is 31.6 Å². The zero-order valence-corrected chi connectivity index (χ0v) is 13.3. The highest BCUT2D eigenvalue weighted by Crippen LogP contribution is 2.27. The lowest BCUT2D eigenvalue weighted by Crippen LogP contribution is -2.24. The van der Waals surface area contributed by atoms with Crippen LogP contribution in [0.2, 0.25) is 0 Å². The molecule has 1 heterocycles. The van der Waals surface area contributed by atoms with Crippen LogP contribution >= 0.6 is 11.3 Å². The van der Waals surface area contributed by atoms with Crippen LogP contribution in [0.25, 0.3) is 0 Å². The number of aliphatic hydroxyl groups excluding tert-OH is 1. The number of nitrogens with one attached hydrogen (secondary N) is 1. The summed E-state index contributed by atoms with van der Waals surface area (Å²) in [6, 6.07) is 9.77. The fourth-order valence-electron chi connectivity index (χ4n) is 2.07. The summed E-state index contributed by atoms with van der Waals surface area (Å²) in [7, 11) is 3.20. The fourth-order valence-corrected chi connectivity index (χ4v) is 2.83. The first kappa shape index (κ1) is 15.8. The van der Waals surface area contributed by atoms with Crippen molar-refractivity contribution in [1.29, 1.82) is 0 Å². The standard InChI is InChI=1S/C16H21NO3S/c1-11(16-5-4-6-21-16)17-10-15(18)12-7-13(19-2)9-14(8-12)20-3/h4-9,11,15,17-18H,10H2,1-3H3. The van der Waals surface area contributed by atoms with Gasteiger partial charge in [0.05, 0.1) is 20.3 Å². The Morgan fingerprint density at radius 3 is 2.38 bits per heavy atom. The van der Waals surface area contributed by atoms with E-state index in [0.717, 1.165) is 5.56 Å². The van der Waals surface area contributed by atoms with Crippen molar-refractivity contribution in [3.05, 3.63) is 46.2 Å². The van der Waals surface area contributed by atoms with E-state index in [2.05, 4.69) is 23.7 Å². The van der Waals surface area contributed by atoms with E-state index < -0.39 is 6.10 Å². The molecule has 2 aromatic rings. The Kier molecular flexibility index (Phi) is 5.61. The summed E-state index contributed by atoms with van der Waals surface area (Å²) in [5.41, 5.74) is 0.775. The van der Waals surface area contributed by atoms with E-state index in [-0.39, 0.29) is 6.04 Å². The highest BCUT2D eigenvalue weighted by atomic mass is 32.1. The molecule has 4 nitrogen and oxygen atoms in total. The first-order valence-corrected chi connectivity index (χ1v) is 7.69. The van der Waals surface area contributed by atoms with Gasteiger partial charge >= 0.3 is 0 Å². The molecule has 0 aliphatic rings. The van der Waals surface area contributed by atoms with Gasteiger partial charge in [-0.1, -0.05) is 6.07 Å². The zero-order chi connectivity index (χ0) is 15.2. The molecule has 21 heavy (non-hydrogen) atoms. The van der Waals surface area contributed by atoms with Gasteiger partial charge in [-0.25, -0.2) is 0 Å². The Morgan fingerprint density at radius 2 is 1.86 bits per heavy atom. The highest BCUT2D eigenvalue weighted by Gasteiger charge is 2.13. The third-order valence-corrected chi connectivity index (χ3v) is 4.40. The zero-order valence-electron chi connectivity index (χ0n) is 12.5. The van der Waals surface area contributed by atoms with Crippen LogP contribution in [0.4, 0.5) is 0 Å². The average molecular weight is 307 g/mol. The summed E-state index contributed by atoms with van der Waals surface area (Å²) in [4.78, 5) is 1.26. The topological polar surface area (TPSA) is 50.7 Å². The molecule has 0 aliphatic carbocycles. The van der Waals surface area contributed by atoms with E-state index >= 15 is 0 Å². The molecule has 2 N–H and O–H groups in total. The Bertz CT molecular complexity index is 534. The molecular formula is C16H21NO3S. The minimum atomic E-state index is -0.614. The molecule has 0 aliphatic heterocycles. The fraction of sp³-hybridized carbons (Fsp3) is 0.375. The van der Waals surface area contributed by atoms with Crippen LogP contribution in [-0.2, 0) is 0 Å². The molecule has 2 unspecified atom stereocenters. The van der Waals surface area contributed by atoms with Gasteiger partial charge < -0.3 is 19.9 Å². The first-order valence-electron chi connectivity index (χ1n) is 6.82. The van der Waals surface area contributed by atoms with Gasteiger partial charge in [-0.2, -0.15) is 0 Å². The lowest BCUT2D eigenvalue weighted by Gasteiger charge is -2.17. The Balaban J connectivity index is 2.01. The third kappa shape index (κ3) is 4.20. The molecule has 114 valence electrons. The lowest BCUT2D eigenvalue weighted by molar-refractivity contribution is 0.170. The molecule has 5 heteroatoms. The van der Waals surface area contributed by atoms with Crippen LogP contribution < -0.4 is 14.8 Å². The van der Waals surface area contributed by atoms with Crippen LogP contribution in [0.1, 0.15) is 29.5 Å². The minimum absolute atomic E-state index is 0.215. The first-order chi connectivity index (χ1) is 10.1. The van der Waals surface area contributed by atoms with Crippen LogP contribution in [0.5, 0.6) is 11.5 Å². The lowest BCUT2D eigenvalue weighted by atomic mass is 10.1. The molecule has 1 aromatic carbocycles. The predicted molar refractivity (Wildman–Crippen MR) is 85.2 cm³/mol. The maximum Gasteiger partial charge on any atom is 0.122 e. The van der Waals surface area contributed by atoms with Gasteiger partial charge in [0.1, 0.15) is 11.5 Å². The number of ether oxygens (including phenoxy) is 2. The molecular weight excluding hydrogens is 286 g/mol. The maximum atomic E-state index is 10.3. The predicted octanol–water partition coefficient (Wildman–Crippen LogP) is 3.15. The Morgan fingerprint density at radius 1 is 1.19 bits per heavy atom. The van der Waals surface area contributed by atoms with E-state index in [4.69, 9.17) is 9.47 Å². The molecule has 0 amide bonds. The maximum absolute atomic E-state index is 10.3. The molecule has 1 aromatic heterocycles. The molecule has 2 rings (SSSR count). The summed E-state index contributed by atoms with van der Waals surface area (Å²) in [5, 5.41) is 15.7. The number of benzene rings is 1. The molecule has 0 fully saturated rings. The second-order valence-electron chi connectivity index (χ2n) is 4.81. The Labute approximate surface area is 129 Å². The van der Waals surface area contributed by atoms with Gasteiger partial charge in [0.15, 0.2) is 0 Å². The number of hydrogen-bond donors (Lipinski definition) is 2. The molecule has 0 spiro atoms. The van der Waals surface area contributed by atoms with Gasteiger partial charge in [-0.15, -0.1) is 11.3 Å². The average Bonchev–Trinajstić information content (AvgIpc) is 3.06. The van der Waals surface area contributed by atoms with Crippen LogP contribution in [-0.4, -0.2) is 25.9 Å². The second kappa shape index (κ2) is 7.45. The number of hydrogen-bond acceptors (Lipinski definition) is 5. The van der Waals surface area contributed by atoms with Crippen molar-refractivity contribution in [2.24, 2.45) is 0 Å². The van der Waals surface area contributed by atoms with Gasteiger partial charge in [-0.05, 0) is 36.1 Å². The SMILES string of the molecule is COc1cc(OC)cc(C(O)CNC(C)c2cccs2)c1. The van der Waals surface area contributed by atoms with Crippen molar-refractivity contribution in [1.82, 2.24) is 5.32 Å². The van der Waals surface area contributed by atoms with Gasteiger partial charge in [0.2, 0.25) is 0 Å². The van der Waals surface area contributed by atoms with Crippen molar-refractivity contribution in [3.8, 4) is 11.5 Å². The van der Waals surface area contributed by atoms with Crippen LogP contribution in [0, 0.1) is 0 Å². The van der Waals surface area contributed by atoms with E-state index in [1.165, 1.54) is 4.88 Å². The monoisotopic (exact) mass is 307 g/mol. The van der Waals surface area contributed by atoms with E-state index in [0.29, 0.717) is 18.0 Å². The van der Waals surface area contributed by atoms with Crippen molar-refractivity contribution >= 4 is 11.3 Å². The van der Waals surface area contributed by atoms with Gasteiger partial charge in [0.25, 0.3) is 0 Å². The number of rotatable bonds is 7. The number of methoxy groups -OCH3 is 2. The summed E-state index contributed by atoms with van der Waals surface area (Å²) in [5.74, 6) is 1.35. The summed E-state index contributed by atoms with van der Waals surface area (Å²) in [6.07, 6.45) is -0.614. The molecule has 0 radical (unpaired) electrons. The Hall–Kier alpha value is -1.56. The van der Waals surface area contributed by atoms with Crippen LogP contribution in [0.3, 0.4) is 0 Å². The van der Waals surface area contributed by atoms with Gasteiger partial charge in [-0.3, -0.25) is 0 Å². The van der Waals surface area contributed by atoms with E-state index in [9.17, 15) is 5.11 Å². The van der Waals surface area contributed by atoms with Crippen molar-refractivity contribution in [2.75, 3.05) is 20.8 Å². The molecule has 0 saturated heterocycles. The molecule has 0 bridgehead atoms. The van der Waals surface area contributed by atoms with Gasteiger partial charge in [0, 0.05) is 23.5 Å². The van der Waals surface area contributed by atoms with Crippen molar-refractivity contribution < 1.29 is 14.6 Å².